The van der Waals surface area contributed by atoms with Gasteiger partial charge in [-0.05, 0) is 25.0 Å². The Morgan fingerprint density at radius 2 is 2.05 bits per heavy atom. The lowest BCUT2D eigenvalue weighted by molar-refractivity contribution is -0.385. The van der Waals surface area contributed by atoms with Crippen molar-refractivity contribution in [3.63, 3.8) is 0 Å². The van der Waals surface area contributed by atoms with Gasteiger partial charge in [0.15, 0.2) is 0 Å². The van der Waals surface area contributed by atoms with Gasteiger partial charge in [0.1, 0.15) is 11.4 Å². The van der Waals surface area contributed by atoms with Crippen LogP contribution in [0.4, 0.5) is 10.1 Å². The number of hydrogen-bond donors (Lipinski definition) is 1. The highest BCUT2D eigenvalue weighted by Crippen LogP contribution is 2.20. The summed E-state index contributed by atoms with van der Waals surface area (Å²) in [6.07, 6.45) is 4.50. The number of carbonyl (C=O) groups is 1. The molecule has 0 heterocycles. The summed E-state index contributed by atoms with van der Waals surface area (Å²) in [5.41, 5.74) is -0.600. The fraction of sp³-hybridized carbons (Fsp3) is 0.533. The first-order valence-corrected chi connectivity index (χ1v) is 7.24. The van der Waals surface area contributed by atoms with E-state index >= 15 is 0 Å². The molecule has 0 aliphatic carbocycles. The van der Waals surface area contributed by atoms with Crippen LogP contribution in [0.15, 0.2) is 18.2 Å². The summed E-state index contributed by atoms with van der Waals surface area (Å²) in [7, 11) is 0. The minimum atomic E-state index is -0.671. The summed E-state index contributed by atoms with van der Waals surface area (Å²) in [5.74, 6) is -1.25. The van der Waals surface area contributed by atoms with Crippen molar-refractivity contribution in [2.45, 2.75) is 52.0 Å². The third-order valence-corrected chi connectivity index (χ3v) is 3.28. The minimum absolute atomic E-state index is 0.0367. The molecule has 0 saturated carbocycles. The highest BCUT2D eigenvalue weighted by molar-refractivity contribution is 5.98. The number of nitro benzene ring substituents is 1. The van der Waals surface area contributed by atoms with Crippen LogP contribution in [0.2, 0.25) is 0 Å². The Hall–Kier alpha value is -1.98. The van der Waals surface area contributed by atoms with Crippen molar-refractivity contribution in [1.29, 1.82) is 0 Å². The van der Waals surface area contributed by atoms with E-state index in [0.717, 1.165) is 50.3 Å². The van der Waals surface area contributed by atoms with Gasteiger partial charge in [0, 0.05) is 12.1 Å². The summed E-state index contributed by atoms with van der Waals surface area (Å²) >= 11 is 0. The van der Waals surface area contributed by atoms with Gasteiger partial charge in [0.2, 0.25) is 0 Å². The maximum absolute atomic E-state index is 13.3. The summed E-state index contributed by atoms with van der Waals surface area (Å²) < 4.78 is 13.3. The first kappa shape index (κ1) is 17.1. The monoisotopic (exact) mass is 296 g/mol. The zero-order valence-corrected chi connectivity index (χ0v) is 12.4. The van der Waals surface area contributed by atoms with E-state index in [1.54, 1.807) is 0 Å². The van der Waals surface area contributed by atoms with E-state index in [0.29, 0.717) is 0 Å². The van der Waals surface area contributed by atoms with Crippen LogP contribution < -0.4 is 5.32 Å². The largest absolute Gasteiger partial charge is 0.349 e. The van der Waals surface area contributed by atoms with E-state index in [4.69, 9.17) is 0 Å². The van der Waals surface area contributed by atoms with Crippen LogP contribution in [0.1, 0.15) is 56.3 Å². The van der Waals surface area contributed by atoms with Gasteiger partial charge < -0.3 is 5.32 Å². The predicted octanol–water partition coefficient (Wildman–Crippen LogP) is 3.82. The molecule has 0 spiro atoms. The van der Waals surface area contributed by atoms with E-state index in [1.165, 1.54) is 0 Å². The van der Waals surface area contributed by atoms with Gasteiger partial charge in [-0.25, -0.2) is 4.39 Å². The molecule has 5 nitrogen and oxygen atoms in total. The van der Waals surface area contributed by atoms with Gasteiger partial charge in [-0.1, -0.05) is 33.1 Å². The van der Waals surface area contributed by atoms with Crippen LogP contribution in [-0.2, 0) is 0 Å². The highest BCUT2D eigenvalue weighted by atomic mass is 19.1. The Bertz CT molecular complexity index is 506. The van der Waals surface area contributed by atoms with Crippen molar-refractivity contribution < 1.29 is 14.1 Å². The number of nitrogens with one attached hydrogen (secondary N) is 1. The predicted molar refractivity (Wildman–Crippen MR) is 78.7 cm³/mol. The molecule has 1 rings (SSSR count). The maximum Gasteiger partial charge on any atom is 0.282 e. The number of amides is 1. The van der Waals surface area contributed by atoms with Crippen molar-refractivity contribution in [3.05, 3.63) is 39.7 Å². The second-order valence-corrected chi connectivity index (χ2v) is 5.02. The fourth-order valence-electron chi connectivity index (χ4n) is 2.20. The minimum Gasteiger partial charge on any atom is -0.349 e. The number of nitro groups is 1. The molecule has 1 unspecified atom stereocenters. The number of carbonyl (C=O) groups excluding carboxylic acids is 1. The molecule has 0 aliphatic rings. The molecule has 1 aromatic carbocycles. The smallest absolute Gasteiger partial charge is 0.282 e. The molecule has 0 saturated heterocycles. The lowest BCUT2D eigenvalue weighted by Crippen LogP contribution is -2.35. The van der Waals surface area contributed by atoms with Gasteiger partial charge >= 0.3 is 0 Å². The number of unbranched alkanes of at least 4 members (excludes halogenated alkanes) is 1. The molecule has 0 bridgehead atoms. The SMILES string of the molecule is CCCCC(CCC)NC(=O)c1cc(F)ccc1[N+](=O)[O-]. The molecule has 1 amide bonds. The zero-order valence-electron chi connectivity index (χ0n) is 12.4. The van der Waals surface area contributed by atoms with Gasteiger partial charge in [-0.2, -0.15) is 0 Å². The molecule has 1 N–H and O–H groups in total. The van der Waals surface area contributed by atoms with E-state index in [1.807, 2.05) is 6.92 Å². The number of hydrogen-bond acceptors (Lipinski definition) is 3. The second kappa shape index (κ2) is 8.34. The van der Waals surface area contributed by atoms with Gasteiger partial charge in [0.05, 0.1) is 4.92 Å². The van der Waals surface area contributed by atoms with Gasteiger partial charge in [-0.3, -0.25) is 14.9 Å². The van der Waals surface area contributed by atoms with Crippen LogP contribution >= 0.6 is 0 Å². The Kier molecular flexibility index (Phi) is 6.78. The van der Waals surface area contributed by atoms with Gasteiger partial charge in [-0.15, -0.1) is 0 Å². The van der Waals surface area contributed by atoms with E-state index < -0.39 is 16.6 Å². The first-order chi connectivity index (χ1) is 9.99. The maximum atomic E-state index is 13.3. The lowest BCUT2D eigenvalue weighted by Gasteiger charge is -2.17. The number of benzene rings is 1. The number of nitrogens with zero attached hydrogens (tertiary/aromatic N) is 1. The summed E-state index contributed by atoms with van der Waals surface area (Å²) in [5, 5.41) is 13.7. The highest BCUT2D eigenvalue weighted by Gasteiger charge is 2.22. The van der Waals surface area contributed by atoms with E-state index in [2.05, 4.69) is 12.2 Å². The van der Waals surface area contributed by atoms with E-state index in [9.17, 15) is 19.3 Å². The number of halogens is 1. The van der Waals surface area contributed by atoms with Crippen LogP contribution in [0.5, 0.6) is 0 Å². The van der Waals surface area contributed by atoms with Crippen LogP contribution in [0.25, 0.3) is 0 Å². The molecule has 1 aromatic rings. The number of rotatable bonds is 8. The molecule has 116 valence electrons. The zero-order chi connectivity index (χ0) is 15.8. The molecule has 21 heavy (non-hydrogen) atoms. The quantitative estimate of drug-likeness (QED) is 0.585. The van der Waals surface area contributed by atoms with Crippen molar-refractivity contribution in [2.24, 2.45) is 0 Å². The molecule has 0 fully saturated rings. The molecule has 0 aromatic heterocycles. The Morgan fingerprint density at radius 3 is 2.62 bits per heavy atom. The third-order valence-electron chi connectivity index (χ3n) is 3.28. The van der Waals surface area contributed by atoms with Crippen molar-refractivity contribution in [3.8, 4) is 0 Å². The normalized spacial score (nSPS) is 12.0. The fourth-order valence-corrected chi connectivity index (χ4v) is 2.20. The summed E-state index contributed by atoms with van der Waals surface area (Å²) in [4.78, 5) is 22.4. The molecule has 1 atom stereocenters. The lowest BCUT2D eigenvalue weighted by atomic mass is 10.0. The molecule has 0 aliphatic heterocycles. The molecular weight excluding hydrogens is 275 g/mol. The Morgan fingerprint density at radius 1 is 1.33 bits per heavy atom. The van der Waals surface area contributed by atoms with Crippen LogP contribution in [-0.4, -0.2) is 16.9 Å². The standard InChI is InChI=1S/C15H21FN2O3/c1-3-5-7-12(6-4-2)17-15(19)13-10-11(16)8-9-14(13)18(20)21/h8-10,12H,3-7H2,1-2H3,(H,17,19). The molecule has 6 heteroatoms. The molecule has 0 radical (unpaired) electrons. The van der Waals surface area contributed by atoms with Crippen LogP contribution in [0.3, 0.4) is 0 Å². The van der Waals surface area contributed by atoms with Crippen LogP contribution in [0, 0.1) is 15.9 Å². The third kappa shape index (κ3) is 5.13. The molecular formula is C15H21FN2O3. The van der Waals surface area contributed by atoms with Crippen molar-refractivity contribution in [1.82, 2.24) is 5.32 Å². The average molecular weight is 296 g/mol. The topological polar surface area (TPSA) is 72.2 Å². The van der Waals surface area contributed by atoms with Crippen molar-refractivity contribution >= 4 is 11.6 Å². The van der Waals surface area contributed by atoms with Crippen molar-refractivity contribution in [2.75, 3.05) is 0 Å². The summed E-state index contributed by atoms with van der Waals surface area (Å²) in [6, 6.07) is 2.88. The summed E-state index contributed by atoms with van der Waals surface area (Å²) in [6.45, 7) is 4.07. The van der Waals surface area contributed by atoms with E-state index in [-0.39, 0.29) is 17.3 Å². The Balaban J connectivity index is 2.90. The second-order valence-electron chi connectivity index (χ2n) is 5.02. The average Bonchev–Trinajstić information content (AvgIpc) is 2.44. The first-order valence-electron chi connectivity index (χ1n) is 7.24. The van der Waals surface area contributed by atoms with Gasteiger partial charge in [0.25, 0.3) is 11.6 Å². The Labute approximate surface area is 123 Å².